The van der Waals surface area contributed by atoms with Gasteiger partial charge in [-0.15, -0.1) is 0 Å². The van der Waals surface area contributed by atoms with Gasteiger partial charge in [0.1, 0.15) is 6.61 Å². The second-order valence-electron chi connectivity index (χ2n) is 8.48. The molecule has 2 aromatic rings. The van der Waals surface area contributed by atoms with Crippen molar-refractivity contribution in [3.63, 3.8) is 0 Å². The molecule has 2 aromatic carbocycles. The number of benzene rings is 2. The third-order valence-corrected chi connectivity index (χ3v) is 8.60. The summed E-state index contributed by atoms with van der Waals surface area (Å²) in [7, 11) is -3.87. The van der Waals surface area contributed by atoms with Crippen LogP contribution in [0.15, 0.2) is 53.4 Å². The first-order valence-electron chi connectivity index (χ1n) is 11.4. The number of sulfonamides is 1. The molecule has 9 heteroatoms. The molecule has 2 unspecified atom stereocenters. The van der Waals surface area contributed by atoms with Crippen molar-refractivity contribution < 1.29 is 17.9 Å². The van der Waals surface area contributed by atoms with Crippen LogP contribution in [0.4, 0.5) is 10.5 Å². The molecule has 0 spiro atoms. The summed E-state index contributed by atoms with van der Waals surface area (Å²) in [5, 5.41) is 3.32. The third kappa shape index (κ3) is 5.28. The predicted octanol–water partition coefficient (Wildman–Crippen LogP) is 4.06. The Morgan fingerprint density at radius 3 is 2.64 bits per heavy atom. The normalized spacial score (nSPS) is 21.0. The van der Waals surface area contributed by atoms with Crippen LogP contribution >= 0.6 is 11.6 Å². The summed E-state index contributed by atoms with van der Waals surface area (Å²) in [4.78, 5) is 14.9. The summed E-state index contributed by atoms with van der Waals surface area (Å²) in [6.07, 6.45) is 2.95. The smallest absolute Gasteiger partial charge is 0.407 e. The molecule has 178 valence electrons. The molecule has 2 atom stereocenters. The lowest BCUT2D eigenvalue weighted by molar-refractivity contribution is 0.134. The third-order valence-electron chi connectivity index (χ3n) is 6.47. The van der Waals surface area contributed by atoms with E-state index in [1.807, 2.05) is 18.2 Å². The predicted molar refractivity (Wildman–Crippen MR) is 129 cm³/mol. The average Bonchev–Trinajstić information content (AvgIpc) is 3.28. The minimum Gasteiger partial charge on any atom is -0.447 e. The van der Waals surface area contributed by atoms with Crippen molar-refractivity contribution >= 4 is 33.4 Å². The van der Waals surface area contributed by atoms with Crippen LogP contribution in [-0.4, -0.2) is 57.7 Å². The summed E-state index contributed by atoms with van der Waals surface area (Å²) in [5.41, 5.74) is 1.58. The van der Waals surface area contributed by atoms with Crippen molar-refractivity contribution in [1.82, 2.24) is 10.2 Å². The van der Waals surface area contributed by atoms with Crippen LogP contribution in [0.2, 0.25) is 5.02 Å². The van der Waals surface area contributed by atoms with Gasteiger partial charge in [0.05, 0.1) is 16.6 Å². The summed E-state index contributed by atoms with van der Waals surface area (Å²) >= 11 is 5.96. The zero-order valence-corrected chi connectivity index (χ0v) is 20.3. The Bertz CT molecular complexity index is 1080. The van der Waals surface area contributed by atoms with E-state index >= 15 is 0 Å². The van der Waals surface area contributed by atoms with Gasteiger partial charge in [0.25, 0.3) is 10.0 Å². The van der Waals surface area contributed by atoms with Crippen molar-refractivity contribution in [3.05, 3.63) is 59.1 Å². The van der Waals surface area contributed by atoms with E-state index in [-0.39, 0.29) is 11.5 Å². The molecule has 1 saturated heterocycles. The number of anilines is 1. The van der Waals surface area contributed by atoms with E-state index in [1.54, 1.807) is 18.2 Å². The van der Waals surface area contributed by atoms with Crippen LogP contribution in [0.5, 0.6) is 0 Å². The lowest BCUT2D eigenvalue weighted by atomic mass is 9.98. The fraction of sp³-hybridized carbons (Fsp3) is 0.458. The molecule has 7 nitrogen and oxygen atoms in total. The molecule has 2 heterocycles. The molecule has 1 amide bonds. The van der Waals surface area contributed by atoms with E-state index in [4.69, 9.17) is 16.3 Å². The number of ether oxygens (including phenoxy) is 1. The fourth-order valence-electron chi connectivity index (χ4n) is 4.74. The number of rotatable bonds is 7. The number of amides is 1. The van der Waals surface area contributed by atoms with Gasteiger partial charge in [0, 0.05) is 17.6 Å². The minimum absolute atomic E-state index is 0.0187. The monoisotopic (exact) mass is 491 g/mol. The van der Waals surface area contributed by atoms with Crippen molar-refractivity contribution in [2.75, 3.05) is 30.5 Å². The molecule has 2 aliphatic rings. The number of alkyl carbamates (subject to hydrolysis) is 1. The molecule has 33 heavy (non-hydrogen) atoms. The number of aryl methyl sites for hydroxylation is 1. The highest BCUT2D eigenvalue weighted by molar-refractivity contribution is 7.92. The number of para-hydroxylation sites is 1. The lowest BCUT2D eigenvalue weighted by Crippen LogP contribution is -2.47. The zero-order valence-electron chi connectivity index (χ0n) is 18.7. The highest BCUT2D eigenvalue weighted by Crippen LogP contribution is 2.35. The maximum Gasteiger partial charge on any atom is 0.407 e. The maximum atomic E-state index is 13.6. The van der Waals surface area contributed by atoms with Gasteiger partial charge >= 0.3 is 6.09 Å². The van der Waals surface area contributed by atoms with Gasteiger partial charge in [-0.3, -0.25) is 9.21 Å². The molecule has 0 aromatic heterocycles. The van der Waals surface area contributed by atoms with Gasteiger partial charge in [0.15, 0.2) is 0 Å². The molecular weight excluding hydrogens is 462 g/mol. The number of carbonyl (C=O) groups is 1. The van der Waals surface area contributed by atoms with Gasteiger partial charge in [-0.2, -0.15) is 0 Å². The first-order chi connectivity index (χ1) is 15.9. The summed E-state index contributed by atoms with van der Waals surface area (Å²) in [6.45, 7) is 4.65. The number of nitrogens with one attached hydrogen (secondary N) is 1. The van der Waals surface area contributed by atoms with Gasteiger partial charge in [0.2, 0.25) is 0 Å². The minimum atomic E-state index is -3.87. The van der Waals surface area contributed by atoms with E-state index in [9.17, 15) is 13.2 Å². The van der Waals surface area contributed by atoms with Crippen LogP contribution in [0.1, 0.15) is 31.7 Å². The second kappa shape index (κ2) is 10.3. The number of carbonyl (C=O) groups excluding carboxylic acids is 1. The Hall–Kier alpha value is -2.29. The zero-order chi connectivity index (χ0) is 23.4. The number of fused-ring (bicyclic) bond motifs is 1. The Balaban J connectivity index is 1.48. The van der Waals surface area contributed by atoms with Crippen LogP contribution in [0.25, 0.3) is 0 Å². The van der Waals surface area contributed by atoms with Crippen LogP contribution in [-0.2, 0) is 21.2 Å². The second-order valence-corrected chi connectivity index (χ2v) is 10.7. The van der Waals surface area contributed by atoms with Gasteiger partial charge in [-0.1, -0.05) is 36.7 Å². The van der Waals surface area contributed by atoms with E-state index in [2.05, 4.69) is 17.1 Å². The van der Waals surface area contributed by atoms with Gasteiger partial charge < -0.3 is 10.1 Å². The fourth-order valence-corrected chi connectivity index (χ4v) is 6.57. The standard InChI is InChI=1S/C24H30ClN3O4S/c1-2-27-15-5-7-20(27)16-26-24(29)32-17-21-12-9-18-6-3-4-8-23(18)28(21)33(30,31)22-13-10-19(25)11-14-22/h3-4,6,8,10-11,13-14,20-21H,2,5,7,9,12,15-17H2,1H3,(H,26,29). The average molecular weight is 492 g/mol. The molecular formula is C24H30ClN3O4S. The van der Waals surface area contributed by atoms with Crippen LogP contribution in [0, 0.1) is 0 Å². The van der Waals surface area contributed by atoms with Crippen LogP contribution < -0.4 is 9.62 Å². The molecule has 4 rings (SSSR count). The molecule has 0 aliphatic carbocycles. The van der Waals surface area contributed by atoms with E-state index in [0.717, 1.165) is 31.5 Å². The van der Waals surface area contributed by atoms with E-state index in [0.29, 0.717) is 36.1 Å². The number of likely N-dealkylation sites (N-methyl/N-ethyl adjacent to an activating group) is 1. The number of likely N-dealkylation sites (tertiary alicyclic amines) is 1. The Kier molecular flexibility index (Phi) is 7.46. The van der Waals surface area contributed by atoms with Crippen molar-refractivity contribution in [2.45, 2.75) is 49.6 Å². The lowest BCUT2D eigenvalue weighted by Gasteiger charge is -2.37. The number of halogens is 1. The Morgan fingerprint density at radius 1 is 1.12 bits per heavy atom. The molecule has 1 N–H and O–H groups in total. The summed E-state index contributed by atoms with van der Waals surface area (Å²) in [6, 6.07) is 13.4. The van der Waals surface area contributed by atoms with E-state index in [1.165, 1.54) is 16.4 Å². The summed E-state index contributed by atoms with van der Waals surface area (Å²) in [5.74, 6) is 0. The van der Waals surface area contributed by atoms with Gasteiger partial charge in [-0.05, 0) is 74.7 Å². The van der Waals surface area contributed by atoms with Crippen molar-refractivity contribution in [2.24, 2.45) is 0 Å². The molecule has 2 aliphatic heterocycles. The van der Waals surface area contributed by atoms with Crippen molar-refractivity contribution in [3.8, 4) is 0 Å². The topological polar surface area (TPSA) is 79.0 Å². The van der Waals surface area contributed by atoms with E-state index < -0.39 is 22.2 Å². The molecule has 0 radical (unpaired) electrons. The quantitative estimate of drug-likeness (QED) is 0.631. The first kappa shape index (κ1) is 23.9. The van der Waals surface area contributed by atoms with Gasteiger partial charge in [-0.25, -0.2) is 13.2 Å². The number of hydrogen-bond donors (Lipinski definition) is 1. The Labute approximate surface area is 200 Å². The number of hydrogen-bond acceptors (Lipinski definition) is 5. The SMILES string of the molecule is CCN1CCCC1CNC(=O)OCC1CCc2ccccc2N1S(=O)(=O)c1ccc(Cl)cc1. The molecule has 1 fully saturated rings. The largest absolute Gasteiger partial charge is 0.447 e. The summed E-state index contributed by atoms with van der Waals surface area (Å²) < 4.78 is 34.1. The van der Waals surface area contributed by atoms with Crippen molar-refractivity contribution in [1.29, 1.82) is 0 Å². The molecule has 0 saturated carbocycles. The maximum absolute atomic E-state index is 13.6. The first-order valence-corrected chi connectivity index (χ1v) is 13.2. The van der Waals surface area contributed by atoms with Crippen LogP contribution in [0.3, 0.4) is 0 Å². The highest BCUT2D eigenvalue weighted by Gasteiger charge is 2.36. The Morgan fingerprint density at radius 2 is 1.88 bits per heavy atom. The molecule has 0 bridgehead atoms. The number of nitrogens with zero attached hydrogens (tertiary/aromatic N) is 2. The highest BCUT2D eigenvalue weighted by atomic mass is 35.5.